The Balaban J connectivity index is 1.34. The molecule has 0 bridgehead atoms. The lowest BCUT2D eigenvalue weighted by molar-refractivity contribution is -0.112. The van der Waals surface area contributed by atoms with Gasteiger partial charge < -0.3 is 4.90 Å². The molecule has 6 heteroatoms. The minimum absolute atomic E-state index is 0.0633. The topological polar surface area (TPSA) is 39.2 Å². The first-order valence-corrected chi connectivity index (χ1v) is 10.8. The molecule has 3 aromatic rings. The predicted octanol–water partition coefficient (Wildman–Crippen LogP) is 4.59. The molecule has 0 aliphatic carbocycles. The van der Waals surface area contributed by atoms with E-state index in [0.29, 0.717) is 23.1 Å². The number of hydrogen-bond acceptors (Lipinski definition) is 4. The molecule has 0 saturated carbocycles. The van der Waals surface area contributed by atoms with Gasteiger partial charge in [-0.3, -0.25) is 14.6 Å². The molecule has 2 aliphatic rings. The highest BCUT2D eigenvalue weighted by molar-refractivity contribution is 6.54. The summed E-state index contributed by atoms with van der Waals surface area (Å²) in [5.74, 6) is -0.0633. The van der Waals surface area contributed by atoms with E-state index in [1.807, 2.05) is 47.4 Å². The summed E-state index contributed by atoms with van der Waals surface area (Å²) in [5.41, 5.74) is 4.19. The molecular formula is C25H23ClN4O. The van der Waals surface area contributed by atoms with Crippen molar-refractivity contribution in [3.63, 3.8) is 0 Å². The maximum absolute atomic E-state index is 13.3. The van der Waals surface area contributed by atoms with Gasteiger partial charge in [-0.1, -0.05) is 54.1 Å². The zero-order chi connectivity index (χ0) is 21.2. The third kappa shape index (κ3) is 4.07. The second-order valence-corrected chi connectivity index (χ2v) is 8.21. The van der Waals surface area contributed by atoms with E-state index in [0.717, 1.165) is 37.4 Å². The van der Waals surface area contributed by atoms with Crippen LogP contribution in [-0.2, 0) is 4.79 Å². The van der Waals surface area contributed by atoms with Crippen molar-refractivity contribution in [2.24, 2.45) is 4.99 Å². The Morgan fingerprint density at radius 1 is 0.839 bits per heavy atom. The van der Waals surface area contributed by atoms with Gasteiger partial charge in [-0.25, -0.2) is 4.99 Å². The fraction of sp³-hybridized carbons (Fsp3) is 0.200. The second kappa shape index (κ2) is 8.53. The van der Waals surface area contributed by atoms with E-state index in [-0.39, 0.29) is 5.91 Å². The maximum atomic E-state index is 13.3. The van der Waals surface area contributed by atoms with E-state index >= 15 is 0 Å². The average molecular weight is 431 g/mol. The number of carbonyl (C=O) groups is 1. The highest BCUT2D eigenvalue weighted by Gasteiger charge is 2.35. The largest absolute Gasteiger partial charge is 0.369 e. The van der Waals surface area contributed by atoms with E-state index in [9.17, 15) is 4.79 Å². The van der Waals surface area contributed by atoms with Crippen LogP contribution in [0.1, 0.15) is 5.56 Å². The zero-order valence-electron chi connectivity index (χ0n) is 17.1. The van der Waals surface area contributed by atoms with E-state index in [4.69, 9.17) is 11.6 Å². The first kappa shape index (κ1) is 19.8. The van der Waals surface area contributed by atoms with Crippen molar-refractivity contribution in [2.45, 2.75) is 0 Å². The van der Waals surface area contributed by atoms with Gasteiger partial charge in [0.05, 0.1) is 18.0 Å². The number of halogens is 1. The molecule has 156 valence electrons. The van der Waals surface area contributed by atoms with Crippen LogP contribution in [0, 0.1) is 0 Å². The van der Waals surface area contributed by atoms with Crippen LogP contribution in [0.5, 0.6) is 0 Å². The summed E-state index contributed by atoms with van der Waals surface area (Å²) in [6, 6.07) is 25.6. The van der Waals surface area contributed by atoms with Gasteiger partial charge in [0.25, 0.3) is 5.91 Å². The summed E-state index contributed by atoms with van der Waals surface area (Å²) in [7, 11) is 0. The predicted molar refractivity (Wildman–Crippen MR) is 127 cm³/mol. The Labute approximate surface area is 187 Å². The number of amides is 1. The van der Waals surface area contributed by atoms with Crippen LogP contribution >= 0.6 is 11.6 Å². The number of para-hydroxylation sites is 2. The number of carbonyl (C=O) groups excluding carboxylic acids is 1. The van der Waals surface area contributed by atoms with Crippen molar-refractivity contribution in [1.82, 2.24) is 4.90 Å². The van der Waals surface area contributed by atoms with Crippen LogP contribution in [-0.4, -0.2) is 49.4 Å². The number of piperazine rings is 1. The van der Waals surface area contributed by atoms with Crippen molar-refractivity contribution in [2.75, 3.05) is 42.6 Å². The highest BCUT2D eigenvalue weighted by Crippen LogP contribution is 2.31. The van der Waals surface area contributed by atoms with Gasteiger partial charge in [-0.2, -0.15) is 0 Å². The molecular weight excluding hydrogens is 408 g/mol. The molecule has 0 unspecified atom stereocenters. The molecule has 2 aliphatic heterocycles. The minimum atomic E-state index is -0.0633. The lowest BCUT2D eigenvalue weighted by atomic mass is 10.1. The fourth-order valence-electron chi connectivity index (χ4n) is 4.17. The number of anilines is 2. The van der Waals surface area contributed by atoms with Crippen LogP contribution < -0.4 is 9.80 Å². The molecule has 31 heavy (non-hydrogen) atoms. The number of hydrogen-bond donors (Lipinski definition) is 0. The van der Waals surface area contributed by atoms with E-state index in [2.05, 4.69) is 39.1 Å². The Morgan fingerprint density at radius 3 is 2.35 bits per heavy atom. The molecule has 3 aromatic carbocycles. The monoisotopic (exact) mass is 430 g/mol. The summed E-state index contributed by atoms with van der Waals surface area (Å²) >= 11 is 6.11. The molecule has 1 saturated heterocycles. The van der Waals surface area contributed by atoms with Crippen LogP contribution in [0.25, 0.3) is 0 Å². The zero-order valence-corrected chi connectivity index (χ0v) is 17.9. The van der Waals surface area contributed by atoms with Gasteiger partial charge in [0.15, 0.2) is 0 Å². The highest BCUT2D eigenvalue weighted by atomic mass is 35.5. The van der Waals surface area contributed by atoms with E-state index in [1.165, 1.54) is 5.69 Å². The smallest absolute Gasteiger partial charge is 0.278 e. The van der Waals surface area contributed by atoms with Crippen molar-refractivity contribution < 1.29 is 4.79 Å². The molecule has 1 amide bonds. The molecule has 0 N–H and O–H groups in total. The normalized spacial score (nSPS) is 18.0. The molecule has 5 nitrogen and oxygen atoms in total. The maximum Gasteiger partial charge on any atom is 0.278 e. The van der Waals surface area contributed by atoms with Gasteiger partial charge in [-0.15, -0.1) is 0 Å². The van der Waals surface area contributed by atoms with Crippen LogP contribution in [0.4, 0.5) is 17.1 Å². The Kier molecular flexibility index (Phi) is 5.45. The van der Waals surface area contributed by atoms with Crippen molar-refractivity contribution in [3.05, 3.63) is 89.4 Å². The summed E-state index contributed by atoms with van der Waals surface area (Å²) < 4.78 is 0. The van der Waals surface area contributed by atoms with Crippen LogP contribution in [0.2, 0.25) is 5.02 Å². The van der Waals surface area contributed by atoms with Gasteiger partial charge >= 0.3 is 0 Å². The standard InChI is InChI=1S/C25H23ClN4O/c26-19-7-6-8-20(17-19)27-24-22-11-4-5-12-23(22)30(25(24)31)18-28-13-15-29(16-14-28)21-9-2-1-3-10-21/h1-12,17H,13-16,18H2. The van der Waals surface area contributed by atoms with Gasteiger partial charge in [-0.05, 0) is 36.4 Å². The van der Waals surface area contributed by atoms with Crippen molar-refractivity contribution in [1.29, 1.82) is 0 Å². The number of rotatable bonds is 4. The quantitative estimate of drug-likeness (QED) is 0.607. The number of fused-ring (bicyclic) bond motifs is 1. The lowest BCUT2D eigenvalue weighted by Gasteiger charge is -2.37. The molecule has 1 fully saturated rings. The molecule has 2 heterocycles. The van der Waals surface area contributed by atoms with Crippen LogP contribution in [0.15, 0.2) is 83.9 Å². The molecule has 0 aromatic heterocycles. The van der Waals surface area contributed by atoms with Gasteiger partial charge in [0.2, 0.25) is 0 Å². The van der Waals surface area contributed by atoms with E-state index < -0.39 is 0 Å². The molecule has 0 spiro atoms. The average Bonchev–Trinajstić information content (AvgIpc) is 3.06. The third-order valence-corrected chi connectivity index (χ3v) is 6.02. The number of aliphatic imine (C=N–C) groups is 1. The summed E-state index contributed by atoms with van der Waals surface area (Å²) in [6.07, 6.45) is 0. The minimum Gasteiger partial charge on any atom is -0.369 e. The summed E-state index contributed by atoms with van der Waals surface area (Å²) in [4.78, 5) is 24.6. The summed E-state index contributed by atoms with van der Waals surface area (Å²) in [5, 5.41) is 0.605. The Morgan fingerprint density at radius 2 is 1.58 bits per heavy atom. The first-order valence-electron chi connectivity index (χ1n) is 10.5. The van der Waals surface area contributed by atoms with Gasteiger partial charge in [0.1, 0.15) is 5.71 Å². The SMILES string of the molecule is O=C1C(=Nc2cccc(Cl)c2)c2ccccc2N1CN1CCN(c2ccccc2)CC1. The second-order valence-electron chi connectivity index (χ2n) is 7.77. The number of benzene rings is 3. The fourth-order valence-corrected chi connectivity index (χ4v) is 4.36. The van der Waals surface area contributed by atoms with Crippen molar-refractivity contribution in [3.8, 4) is 0 Å². The Hall–Kier alpha value is -3.15. The molecule has 5 rings (SSSR count). The van der Waals surface area contributed by atoms with E-state index in [1.54, 1.807) is 12.1 Å². The Bertz CT molecular complexity index is 1120. The molecule has 0 atom stereocenters. The van der Waals surface area contributed by atoms with Crippen molar-refractivity contribution >= 4 is 40.3 Å². The van der Waals surface area contributed by atoms with Gasteiger partial charge in [0, 0.05) is 42.5 Å². The molecule has 0 radical (unpaired) electrons. The van der Waals surface area contributed by atoms with Crippen LogP contribution in [0.3, 0.4) is 0 Å². The number of nitrogens with zero attached hydrogens (tertiary/aromatic N) is 4. The lowest BCUT2D eigenvalue weighted by Crippen LogP contribution is -2.51. The summed E-state index contributed by atoms with van der Waals surface area (Å²) in [6.45, 7) is 4.25. The first-order chi connectivity index (χ1) is 15.2. The third-order valence-electron chi connectivity index (χ3n) is 5.78.